The van der Waals surface area contributed by atoms with Crippen LogP contribution in [-0.2, 0) is 9.53 Å². The van der Waals surface area contributed by atoms with Crippen LogP contribution in [0.4, 0.5) is 10.1 Å². The maximum atomic E-state index is 13.6. The minimum absolute atomic E-state index is 0.0847. The highest BCUT2D eigenvalue weighted by Gasteiger charge is 2.16. The highest BCUT2D eigenvalue weighted by Crippen LogP contribution is 2.16. The largest absolute Gasteiger partial charge is 0.380 e. The Kier molecular flexibility index (Phi) is 6.26. The number of nitrogens with two attached hydrogens (primary N) is 1. The van der Waals surface area contributed by atoms with Crippen LogP contribution in [0.2, 0.25) is 0 Å². The standard InChI is InChI=1S/C14H20FN3O3/c1-18(2)14(20)11-6-9(4-5-12(11)15)17-13(19)7-10(8-16)21-3/h4-6,10H,7-8,16H2,1-3H3,(H,17,19). The number of methoxy groups -OCH3 is 1. The van der Waals surface area contributed by atoms with Gasteiger partial charge in [-0.2, -0.15) is 0 Å². The van der Waals surface area contributed by atoms with E-state index < -0.39 is 11.7 Å². The summed E-state index contributed by atoms with van der Waals surface area (Å²) in [6.45, 7) is 0.220. The number of benzene rings is 1. The van der Waals surface area contributed by atoms with Gasteiger partial charge in [-0.1, -0.05) is 0 Å². The number of amides is 2. The highest BCUT2D eigenvalue weighted by atomic mass is 19.1. The minimum atomic E-state index is -0.636. The average molecular weight is 297 g/mol. The van der Waals surface area contributed by atoms with Crippen LogP contribution < -0.4 is 11.1 Å². The summed E-state index contributed by atoms with van der Waals surface area (Å²) in [7, 11) is 4.52. The normalized spacial score (nSPS) is 11.9. The third-order valence-electron chi connectivity index (χ3n) is 2.90. The summed E-state index contributed by atoms with van der Waals surface area (Å²) in [4.78, 5) is 24.9. The highest BCUT2D eigenvalue weighted by molar-refractivity contribution is 5.97. The summed E-state index contributed by atoms with van der Waals surface area (Å²) in [6.07, 6.45) is -0.297. The number of hydrogen-bond donors (Lipinski definition) is 2. The van der Waals surface area contributed by atoms with E-state index >= 15 is 0 Å². The monoisotopic (exact) mass is 297 g/mol. The van der Waals surface area contributed by atoms with Gasteiger partial charge >= 0.3 is 0 Å². The number of halogens is 1. The Morgan fingerprint density at radius 1 is 1.43 bits per heavy atom. The first-order valence-corrected chi connectivity index (χ1v) is 6.43. The molecule has 2 amide bonds. The van der Waals surface area contributed by atoms with Gasteiger partial charge in [-0.3, -0.25) is 9.59 Å². The van der Waals surface area contributed by atoms with E-state index in [9.17, 15) is 14.0 Å². The second kappa shape index (κ2) is 7.70. The molecule has 1 rings (SSSR count). The molecule has 21 heavy (non-hydrogen) atoms. The zero-order chi connectivity index (χ0) is 16.0. The van der Waals surface area contributed by atoms with Gasteiger partial charge < -0.3 is 20.7 Å². The lowest BCUT2D eigenvalue weighted by Crippen LogP contribution is -2.28. The van der Waals surface area contributed by atoms with Crippen LogP contribution in [-0.4, -0.2) is 50.6 Å². The number of carbonyl (C=O) groups excluding carboxylic acids is 2. The molecule has 0 aliphatic carbocycles. The number of ether oxygens (including phenoxy) is 1. The van der Waals surface area contributed by atoms with E-state index in [0.717, 1.165) is 6.07 Å². The summed E-state index contributed by atoms with van der Waals surface area (Å²) in [6, 6.07) is 3.84. The molecule has 7 heteroatoms. The fourth-order valence-corrected chi connectivity index (χ4v) is 1.69. The van der Waals surface area contributed by atoms with E-state index in [1.54, 1.807) is 0 Å². The molecule has 3 N–H and O–H groups in total. The molecule has 0 saturated carbocycles. The molecule has 0 aliphatic rings. The minimum Gasteiger partial charge on any atom is -0.380 e. The van der Waals surface area contributed by atoms with Crippen molar-refractivity contribution in [3.05, 3.63) is 29.6 Å². The molecule has 1 unspecified atom stereocenters. The quantitative estimate of drug-likeness (QED) is 0.814. The van der Waals surface area contributed by atoms with E-state index in [4.69, 9.17) is 10.5 Å². The fourth-order valence-electron chi connectivity index (χ4n) is 1.69. The first-order chi connectivity index (χ1) is 9.88. The van der Waals surface area contributed by atoms with Crippen LogP contribution in [0, 0.1) is 5.82 Å². The number of nitrogens with zero attached hydrogens (tertiary/aromatic N) is 1. The van der Waals surface area contributed by atoms with Gasteiger partial charge in [0, 0.05) is 33.4 Å². The Morgan fingerprint density at radius 2 is 2.10 bits per heavy atom. The fraction of sp³-hybridized carbons (Fsp3) is 0.429. The number of anilines is 1. The van der Waals surface area contributed by atoms with Crippen LogP contribution in [0.5, 0.6) is 0 Å². The molecule has 1 atom stereocenters. The third-order valence-corrected chi connectivity index (χ3v) is 2.90. The Bertz CT molecular complexity index is 516. The summed E-state index contributed by atoms with van der Waals surface area (Å²) in [5.41, 5.74) is 5.69. The van der Waals surface area contributed by atoms with Crippen LogP contribution in [0.15, 0.2) is 18.2 Å². The van der Waals surface area contributed by atoms with Crippen LogP contribution in [0.25, 0.3) is 0 Å². The molecule has 0 heterocycles. The van der Waals surface area contributed by atoms with E-state index in [0.29, 0.717) is 5.69 Å². The van der Waals surface area contributed by atoms with Crippen LogP contribution >= 0.6 is 0 Å². The molecule has 1 aromatic carbocycles. The van der Waals surface area contributed by atoms with Crippen molar-refractivity contribution in [1.29, 1.82) is 0 Å². The third kappa shape index (κ3) is 4.80. The Morgan fingerprint density at radius 3 is 2.62 bits per heavy atom. The maximum Gasteiger partial charge on any atom is 0.256 e. The van der Waals surface area contributed by atoms with Gasteiger partial charge in [0.05, 0.1) is 18.1 Å². The van der Waals surface area contributed by atoms with Crippen molar-refractivity contribution < 1.29 is 18.7 Å². The lowest BCUT2D eigenvalue weighted by atomic mass is 10.1. The molecule has 1 aromatic rings. The Balaban J connectivity index is 2.83. The smallest absolute Gasteiger partial charge is 0.256 e. The zero-order valence-electron chi connectivity index (χ0n) is 12.4. The summed E-state index contributed by atoms with van der Waals surface area (Å²) in [5.74, 6) is -1.43. The van der Waals surface area contributed by atoms with Gasteiger partial charge in [0.25, 0.3) is 5.91 Å². The van der Waals surface area contributed by atoms with Crippen molar-refractivity contribution in [3.8, 4) is 0 Å². The van der Waals surface area contributed by atoms with Crippen molar-refractivity contribution in [2.24, 2.45) is 5.73 Å². The van der Waals surface area contributed by atoms with Crippen molar-refractivity contribution in [2.75, 3.05) is 33.1 Å². The molecule has 0 fully saturated rings. The number of hydrogen-bond acceptors (Lipinski definition) is 4. The van der Waals surface area contributed by atoms with Gasteiger partial charge in [-0.25, -0.2) is 4.39 Å². The topological polar surface area (TPSA) is 84.7 Å². The molecule has 6 nitrogen and oxygen atoms in total. The Hall–Kier alpha value is -1.99. The molecular weight excluding hydrogens is 277 g/mol. The second-order valence-corrected chi connectivity index (χ2v) is 4.74. The molecule has 0 bridgehead atoms. The first kappa shape index (κ1) is 17.1. The van der Waals surface area contributed by atoms with Crippen molar-refractivity contribution in [3.63, 3.8) is 0 Å². The predicted molar refractivity (Wildman–Crippen MR) is 77.5 cm³/mol. The van der Waals surface area contributed by atoms with Crippen molar-refractivity contribution in [2.45, 2.75) is 12.5 Å². The summed E-state index contributed by atoms with van der Waals surface area (Å²) < 4.78 is 18.7. The van der Waals surface area contributed by atoms with E-state index in [2.05, 4.69) is 5.32 Å². The summed E-state index contributed by atoms with van der Waals surface area (Å²) in [5, 5.41) is 2.59. The van der Waals surface area contributed by atoms with Crippen molar-refractivity contribution in [1.82, 2.24) is 4.90 Å². The van der Waals surface area contributed by atoms with Crippen LogP contribution in [0.3, 0.4) is 0 Å². The predicted octanol–water partition coefficient (Wildman–Crippen LogP) is 0.830. The number of rotatable bonds is 6. The lowest BCUT2D eigenvalue weighted by molar-refractivity contribution is -0.118. The average Bonchev–Trinajstić information content (AvgIpc) is 2.45. The SMILES string of the molecule is COC(CN)CC(=O)Nc1ccc(F)c(C(=O)N(C)C)c1. The van der Waals surface area contributed by atoms with Gasteiger partial charge in [-0.15, -0.1) is 0 Å². The Labute approximate surface area is 123 Å². The van der Waals surface area contributed by atoms with Gasteiger partial charge in [0.15, 0.2) is 0 Å². The molecule has 0 spiro atoms. The number of carbonyl (C=O) groups is 2. The maximum absolute atomic E-state index is 13.6. The molecule has 0 radical (unpaired) electrons. The van der Waals surface area contributed by atoms with E-state index in [1.807, 2.05) is 0 Å². The lowest BCUT2D eigenvalue weighted by Gasteiger charge is -2.14. The van der Waals surface area contributed by atoms with Gasteiger partial charge in [0.1, 0.15) is 5.82 Å². The summed E-state index contributed by atoms with van der Waals surface area (Å²) >= 11 is 0. The van der Waals surface area contributed by atoms with Gasteiger partial charge in [-0.05, 0) is 18.2 Å². The van der Waals surface area contributed by atoms with Crippen molar-refractivity contribution >= 4 is 17.5 Å². The zero-order valence-corrected chi connectivity index (χ0v) is 12.4. The van der Waals surface area contributed by atoms with Crippen LogP contribution in [0.1, 0.15) is 16.8 Å². The second-order valence-electron chi connectivity index (χ2n) is 4.74. The molecule has 0 aromatic heterocycles. The van der Waals surface area contributed by atoms with E-state index in [1.165, 1.54) is 38.2 Å². The van der Waals surface area contributed by atoms with E-state index in [-0.39, 0.29) is 30.5 Å². The molecule has 0 saturated heterocycles. The molecular formula is C14H20FN3O3. The first-order valence-electron chi connectivity index (χ1n) is 6.43. The molecule has 116 valence electrons. The number of nitrogens with one attached hydrogen (secondary N) is 1. The molecule has 0 aliphatic heterocycles. The van der Waals surface area contributed by atoms with Gasteiger partial charge in [0.2, 0.25) is 5.91 Å².